The molecule has 0 aromatic heterocycles. The van der Waals surface area contributed by atoms with E-state index in [1.165, 1.54) is 24.3 Å². The quantitative estimate of drug-likeness (QED) is 0.751. The van der Waals surface area contributed by atoms with Crippen molar-refractivity contribution in [1.82, 2.24) is 4.90 Å². The second kappa shape index (κ2) is 4.01. The highest BCUT2D eigenvalue weighted by Gasteiger charge is 2.42. The Morgan fingerprint density at radius 1 is 1.64 bits per heavy atom. The van der Waals surface area contributed by atoms with Crippen molar-refractivity contribution in [2.45, 2.75) is 31.7 Å². The lowest BCUT2D eigenvalue weighted by Gasteiger charge is -2.41. The van der Waals surface area contributed by atoms with Crippen LogP contribution in [0, 0.1) is 0 Å². The summed E-state index contributed by atoms with van der Waals surface area (Å²) in [6, 6.07) is 0. The third-order valence-electron chi connectivity index (χ3n) is 3.13. The van der Waals surface area contributed by atoms with Gasteiger partial charge in [0.15, 0.2) is 5.96 Å². The lowest BCUT2D eigenvalue weighted by atomic mass is 9.94. The maximum absolute atomic E-state index is 5.94. The molecule has 2 rings (SSSR count). The molecule has 4 heteroatoms. The summed E-state index contributed by atoms with van der Waals surface area (Å²) >= 11 is 2.05. The summed E-state index contributed by atoms with van der Waals surface area (Å²) in [4.78, 5) is 6.77. The van der Waals surface area contributed by atoms with Gasteiger partial charge in [-0.15, -0.1) is 0 Å². The van der Waals surface area contributed by atoms with Gasteiger partial charge in [0, 0.05) is 12.3 Å². The normalized spacial score (nSPS) is 32.4. The molecule has 0 amide bonds. The Hall–Kier alpha value is -0.380. The standard InChI is InChI=1S/C10H19N3S/c1-2-5-13-9(11)12-7-10(13)4-3-6-14-8-10/h2-8H2,1H3,(H2,11,12). The SMILES string of the molecule is CCCN1C(N)=NCC12CCCSC2. The molecule has 3 nitrogen and oxygen atoms in total. The summed E-state index contributed by atoms with van der Waals surface area (Å²) in [6.45, 7) is 4.19. The minimum atomic E-state index is 0.281. The van der Waals surface area contributed by atoms with Crippen molar-refractivity contribution >= 4 is 17.7 Å². The number of rotatable bonds is 2. The van der Waals surface area contributed by atoms with E-state index in [0.717, 1.165) is 25.5 Å². The van der Waals surface area contributed by atoms with Crippen molar-refractivity contribution in [3.05, 3.63) is 0 Å². The molecule has 2 aliphatic rings. The van der Waals surface area contributed by atoms with Crippen molar-refractivity contribution in [1.29, 1.82) is 0 Å². The van der Waals surface area contributed by atoms with Gasteiger partial charge in [0.25, 0.3) is 0 Å². The summed E-state index contributed by atoms with van der Waals surface area (Å²) in [5.74, 6) is 3.29. The van der Waals surface area contributed by atoms with E-state index in [1.54, 1.807) is 0 Å². The van der Waals surface area contributed by atoms with Gasteiger partial charge >= 0.3 is 0 Å². The van der Waals surface area contributed by atoms with Gasteiger partial charge < -0.3 is 10.6 Å². The molecule has 1 atom stereocenters. The molecule has 1 spiro atoms. The van der Waals surface area contributed by atoms with E-state index in [1.807, 2.05) is 0 Å². The van der Waals surface area contributed by atoms with Crippen LogP contribution in [0.2, 0.25) is 0 Å². The molecular formula is C10H19N3S. The molecule has 14 heavy (non-hydrogen) atoms. The molecule has 2 heterocycles. The van der Waals surface area contributed by atoms with E-state index in [2.05, 4.69) is 28.6 Å². The molecule has 0 aromatic carbocycles. The Bertz CT molecular complexity index is 234. The molecule has 0 saturated carbocycles. The lowest BCUT2D eigenvalue weighted by Crippen LogP contribution is -2.54. The predicted molar refractivity (Wildman–Crippen MR) is 62.8 cm³/mol. The number of aliphatic imine (C=N–C) groups is 1. The van der Waals surface area contributed by atoms with Crippen LogP contribution in [-0.4, -0.2) is 41.0 Å². The van der Waals surface area contributed by atoms with Crippen molar-refractivity contribution in [2.75, 3.05) is 24.6 Å². The van der Waals surface area contributed by atoms with Crippen molar-refractivity contribution in [3.8, 4) is 0 Å². The fourth-order valence-corrected chi connectivity index (χ4v) is 3.66. The average molecular weight is 213 g/mol. The van der Waals surface area contributed by atoms with Gasteiger partial charge in [-0.1, -0.05) is 6.92 Å². The first kappa shape index (κ1) is 10.1. The molecule has 2 aliphatic heterocycles. The van der Waals surface area contributed by atoms with E-state index < -0.39 is 0 Å². The number of nitrogens with zero attached hydrogens (tertiary/aromatic N) is 2. The molecule has 80 valence electrons. The zero-order valence-corrected chi connectivity index (χ0v) is 9.65. The molecule has 1 saturated heterocycles. The highest BCUT2D eigenvalue weighted by atomic mass is 32.2. The zero-order valence-electron chi connectivity index (χ0n) is 8.83. The topological polar surface area (TPSA) is 41.6 Å². The van der Waals surface area contributed by atoms with E-state index in [9.17, 15) is 0 Å². The van der Waals surface area contributed by atoms with E-state index in [0.29, 0.717) is 0 Å². The molecular weight excluding hydrogens is 194 g/mol. The number of hydrogen-bond donors (Lipinski definition) is 1. The summed E-state index contributed by atoms with van der Waals surface area (Å²) in [6.07, 6.45) is 3.74. The van der Waals surface area contributed by atoms with Crippen molar-refractivity contribution < 1.29 is 0 Å². The van der Waals surface area contributed by atoms with Crippen molar-refractivity contribution in [2.24, 2.45) is 10.7 Å². The second-order valence-electron chi connectivity index (χ2n) is 4.21. The predicted octanol–water partition coefficient (Wildman–Crippen LogP) is 1.29. The summed E-state index contributed by atoms with van der Waals surface area (Å²) < 4.78 is 0. The summed E-state index contributed by atoms with van der Waals surface area (Å²) in [5.41, 5.74) is 6.22. The van der Waals surface area contributed by atoms with Gasteiger partial charge in [0.1, 0.15) is 0 Å². The average Bonchev–Trinajstić information content (AvgIpc) is 2.49. The monoisotopic (exact) mass is 213 g/mol. The number of nitrogens with two attached hydrogens (primary N) is 1. The smallest absolute Gasteiger partial charge is 0.191 e. The van der Waals surface area contributed by atoms with Crippen LogP contribution in [-0.2, 0) is 0 Å². The summed E-state index contributed by atoms with van der Waals surface area (Å²) in [5, 5.41) is 0. The van der Waals surface area contributed by atoms with Crippen LogP contribution in [0.15, 0.2) is 4.99 Å². The van der Waals surface area contributed by atoms with Gasteiger partial charge in [-0.2, -0.15) is 11.8 Å². The third kappa shape index (κ3) is 1.60. The number of guanidine groups is 1. The molecule has 0 bridgehead atoms. The molecule has 0 aliphatic carbocycles. The van der Waals surface area contributed by atoms with Crippen LogP contribution in [0.5, 0.6) is 0 Å². The zero-order chi connectivity index (χ0) is 10.0. The Balaban J connectivity index is 2.10. The fourth-order valence-electron chi connectivity index (χ4n) is 2.39. The lowest BCUT2D eigenvalue weighted by molar-refractivity contribution is 0.208. The Kier molecular flexibility index (Phi) is 2.91. The minimum absolute atomic E-state index is 0.281. The maximum atomic E-state index is 5.94. The van der Waals surface area contributed by atoms with Crippen LogP contribution in [0.25, 0.3) is 0 Å². The third-order valence-corrected chi connectivity index (χ3v) is 4.45. The van der Waals surface area contributed by atoms with Crippen LogP contribution in [0.4, 0.5) is 0 Å². The highest BCUT2D eigenvalue weighted by Crippen LogP contribution is 2.35. The largest absolute Gasteiger partial charge is 0.370 e. The second-order valence-corrected chi connectivity index (χ2v) is 5.31. The maximum Gasteiger partial charge on any atom is 0.191 e. The van der Waals surface area contributed by atoms with Gasteiger partial charge in [-0.3, -0.25) is 4.99 Å². The Morgan fingerprint density at radius 3 is 3.14 bits per heavy atom. The van der Waals surface area contributed by atoms with Gasteiger partial charge in [0.05, 0.1) is 12.1 Å². The molecule has 0 aromatic rings. The number of thioether (sulfide) groups is 1. The molecule has 1 unspecified atom stereocenters. The van der Waals surface area contributed by atoms with Crippen molar-refractivity contribution in [3.63, 3.8) is 0 Å². The van der Waals surface area contributed by atoms with Crippen LogP contribution in [0.3, 0.4) is 0 Å². The van der Waals surface area contributed by atoms with E-state index in [4.69, 9.17) is 5.73 Å². The summed E-state index contributed by atoms with van der Waals surface area (Å²) in [7, 11) is 0. The Morgan fingerprint density at radius 2 is 2.50 bits per heavy atom. The van der Waals surface area contributed by atoms with Crippen LogP contribution >= 0.6 is 11.8 Å². The first-order chi connectivity index (χ1) is 6.78. The van der Waals surface area contributed by atoms with Gasteiger partial charge in [-0.25, -0.2) is 0 Å². The first-order valence-corrected chi connectivity index (χ1v) is 6.59. The van der Waals surface area contributed by atoms with Gasteiger partial charge in [0.2, 0.25) is 0 Å². The first-order valence-electron chi connectivity index (χ1n) is 5.44. The van der Waals surface area contributed by atoms with Crippen LogP contribution in [0.1, 0.15) is 26.2 Å². The Labute approximate surface area is 90.1 Å². The highest BCUT2D eigenvalue weighted by molar-refractivity contribution is 7.99. The van der Waals surface area contributed by atoms with E-state index in [-0.39, 0.29) is 5.54 Å². The number of hydrogen-bond acceptors (Lipinski definition) is 4. The fraction of sp³-hybridized carbons (Fsp3) is 0.900. The molecule has 2 N–H and O–H groups in total. The molecule has 1 fully saturated rings. The van der Waals surface area contributed by atoms with Crippen LogP contribution < -0.4 is 5.73 Å². The van der Waals surface area contributed by atoms with E-state index >= 15 is 0 Å². The van der Waals surface area contributed by atoms with Gasteiger partial charge in [-0.05, 0) is 25.0 Å². The minimum Gasteiger partial charge on any atom is -0.370 e. The molecule has 0 radical (unpaired) electrons.